The number of para-hydroxylation sites is 2. The third-order valence-electron chi connectivity index (χ3n) is 3.86. The second-order valence-corrected chi connectivity index (χ2v) is 6.65. The summed E-state index contributed by atoms with van der Waals surface area (Å²) < 4.78 is 10.9. The minimum absolute atomic E-state index is 0.318. The Labute approximate surface area is 164 Å². The van der Waals surface area contributed by atoms with E-state index < -0.39 is 0 Å². The van der Waals surface area contributed by atoms with E-state index in [-0.39, 0.29) is 5.91 Å². The maximum atomic E-state index is 12.5. The zero-order valence-corrected chi connectivity index (χ0v) is 16.5. The van der Waals surface area contributed by atoms with Gasteiger partial charge in [0, 0.05) is 5.56 Å². The predicted octanol–water partition coefficient (Wildman–Crippen LogP) is 6.21. The molecule has 0 radical (unpaired) electrons. The van der Waals surface area contributed by atoms with E-state index in [0.717, 1.165) is 19.3 Å². The number of amides is 1. The highest BCUT2D eigenvalue weighted by Gasteiger charge is 2.15. The monoisotopic (exact) mass is 395 g/mol. The molecular formula is C20H23Cl2NO3. The normalized spacial score (nSPS) is 10.5. The maximum absolute atomic E-state index is 12.5. The molecule has 0 heterocycles. The number of rotatable bonds is 9. The van der Waals surface area contributed by atoms with Crippen molar-refractivity contribution >= 4 is 34.8 Å². The molecule has 4 nitrogen and oxygen atoms in total. The summed E-state index contributed by atoms with van der Waals surface area (Å²) in [6.45, 7) is 2.70. The number of unbranched alkanes of at least 4 members (excludes halogenated alkanes) is 3. The van der Waals surface area contributed by atoms with E-state index in [2.05, 4.69) is 12.2 Å². The molecular weight excluding hydrogens is 373 g/mol. The molecule has 0 atom stereocenters. The van der Waals surface area contributed by atoms with Gasteiger partial charge in [-0.2, -0.15) is 0 Å². The quantitative estimate of drug-likeness (QED) is 0.513. The van der Waals surface area contributed by atoms with E-state index in [4.69, 9.17) is 32.7 Å². The molecule has 2 rings (SSSR count). The van der Waals surface area contributed by atoms with E-state index in [1.54, 1.807) is 31.4 Å². The summed E-state index contributed by atoms with van der Waals surface area (Å²) in [4.78, 5) is 12.5. The number of carbonyl (C=O) groups excluding carboxylic acids is 1. The first kappa shape index (κ1) is 20.4. The highest BCUT2D eigenvalue weighted by molar-refractivity contribution is 6.37. The number of methoxy groups -OCH3 is 1. The second-order valence-electron chi connectivity index (χ2n) is 5.83. The fourth-order valence-electron chi connectivity index (χ4n) is 2.47. The van der Waals surface area contributed by atoms with Gasteiger partial charge in [0.05, 0.1) is 29.4 Å². The van der Waals surface area contributed by atoms with Gasteiger partial charge in [0.2, 0.25) is 0 Å². The van der Waals surface area contributed by atoms with Gasteiger partial charge in [-0.15, -0.1) is 0 Å². The number of hydrogen-bond donors (Lipinski definition) is 1. The Hall–Kier alpha value is -1.91. The predicted molar refractivity (Wildman–Crippen MR) is 107 cm³/mol. The number of nitrogens with one attached hydrogen (secondary N) is 1. The molecule has 0 aliphatic rings. The number of ether oxygens (including phenoxy) is 2. The fraction of sp³-hybridized carbons (Fsp3) is 0.350. The number of benzene rings is 2. The van der Waals surface area contributed by atoms with Crippen LogP contribution in [0.1, 0.15) is 43.0 Å². The molecule has 0 aliphatic heterocycles. The van der Waals surface area contributed by atoms with Gasteiger partial charge in [0.25, 0.3) is 5.91 Å². The molecule has 0 bridgehead atoms. The van der Waals surface area contributed by atoms with E-state index in [1.165, 1.54) is 6.42 Å². The van der Waals surface area contributed by atoms with Crippen molar-refractivity contribution in [3.63, 3.8) is 0 Å². The summed E-state index contributed by atoms with van der Waals surface area (Å²) in [5, 5.41) is 3.43. The first-order chi connectivity index (χ1) is 12.6. The van der Waals surface area contributed by atoms with Crippen molar-refractivity contribution in [1.29, 1.82) is 0 Å². The summed E-state index contributed by atoms with van der Waals surface area (Å²) in [5.41, 5.74) is 0.924. The molecule has 2 aromatic carbocycles. The van der Waals surface area contributed by atoms with Crippen molar-refractivity contribution in [3.05, 3.63) is 52.0 Å². The Bertz CT molecular complexity index is 727. The molecule has 0 spiro atoms. The highest BCUT2D eigenvalue weighted by atomic mass is 35.5. The number of carbonyl (C=O) groups is 1. The lowest BCUT2D eigenvalue weighted by atomic mass is 10.2. The molecule has 0 saturated heterocycles. The SMILES string of the molecule is CCCCCCOc1c(Cl)cc(C(=O)Nc2ccccc2OC)cc1Cl. The van der Waals surface area contributed by atoms with E-state index in [9.17, 15) is 4.79 Å². The number of hydrogen-bond acceptors (Lipinski definition) is 3. The van der Waals surface area contributed by atoms with Crippen LogP contribution in [0.25, 0.3) is 0 Å². The Morgan fingerprint density at radius 2 is 1.77 bits per heavy atom. The molecule has 0 aromatic heterocycles. The van der Waals surface area contributed by atoms with Crippen molar-refractivity contribution in [3.8, 4) is 11.5 Å². The van der Waals surface area contributed by atoms with E-state index >= 15 is 0 Å². The lowest BCUT2D eigenvalue weighted by molar-refractivity contribution is 0.102. The highest BCUT2D eigenvalue weighted by Crippen LogP contribution is 2.35. The molecule has 2 aromatic rings. The zero-order valence-electron chi connectivity index (χ0n) is 15.0. The topological polar surface area (TPSA) is 47.6 Å². The Morgan fingerprint density at radius 3 is 2.42 bits per heavy atom. The zero-order chi connectivity index (χ0) is 18.9. The Kier molecular flexibility index (Phi) is 8.07. The third-order valence-corrected chi connectivity index (χ3v) is 4.42. The fourth-order valence-corrected chi connectivity index (χ4v) is 3.07. The van der Waals surface area contributed by atoms with Crippen LogP contribution in [-0.4, -0.2) is 19.6 Å². The molecule has 140 valence electrons. The maximum Gasteiger partial charge on any atom is 0.255 e. The lowest BCUT2D eigenvalue weighted by Gasteiger charge is -2.13. The van der Waals surface area contributed by atoms with Gasteiger partial charge in [-0.3, -0.25) is 4.79 Å². The van der Waals surface area contributed by atoms with Crippen LogP contribution < -0.4 is 14.8 Å². The van der Waals surface area contributed by atoms with Crippen LogP contribution in [0, 0.1) is 0 Å². The molecule has 0 aliphatic carbocycles. The molecule has 1 amide bonds. The van der Waals surface area contributed by atoms with Gasteiger partial charge in [-0.1, -0.05) is 61.5 Å². The minimum Gasteiger partial charge on any atom is -0.495 e. The first-order valence-corrected chi connectivity index (χ1v) is 9.38. The summed E-state index contributed by atoms with van der Waals surface area (Å²) >= 11 is 12.5. The van der Waals surface area contributed by atoms with Crippen molar-refractivity contribution < 1.29 is 14.3 Å². The van der Waals surface area contributed by atoms with Gasteiger partial charge < -0.3 is 14.8 Å². The molecule has 0 saturated carbocycles. The van der Waals surface area contributed by atoms with Crippen LogP contribution >= 0.6 is 23.2 Å². The molecule has 0 fully saturated rings. The number of halogens is 2. The van der Waals surface area contributed by atoms with E-state index in [0.29, 0.717) is 39.4 Å². The number of anilines is 1. The van der Waals surface area contributed by atoms with Crippen molar-refractivity contribution in [1.82, 2.24) is 0 Å². The van der Waals surface area contributed by atoms with Crippen LogP contribution in [-0.2, 0) is 0 Å². The van der Waals surface area contributed by atoms with Crippen LogP contribution in [0.3, 0.4) is 0 Å². The lowest BCUT2D eigenvalue weighted by Crippen LogP contribution is -2.13. The molecule has 1 N–H and O–H groups in total. The summed E-state index contributed by atoms with van der Waals surface area (Å²) in [6, 6.07) is 10.3. The molecule has 6 heteroatoms. The molecule has 26 heavy (non-hydrogen) atoms. The van der Waals surface area contributed by atoms with E-state index in [1.807, 2.05) is 12.1 Å². The Morgan fingerprint density at radius 1 is 1.08 bits per heavy atom. The van der Waals surface area contributed by atoms with Crippen LogP contribution in [0.15, 0.2) is 36.4 Å². The third kappa shape index (κ3) is 5.55. The van der Waals surface area contributed by atoms with Crippen LogP contribution in [0.2, 0.25) is 10.0 Å². The summed E-state index contributed by atoms with van der Waals surface area (Å²) in [7, 11) is 1.55. The summed E-state index contributed by atoms with van der Waals surface area (Å²) in [6.07, 6.45) is 4.38. The van der Waals surface area contributed by atoms with Gasteiger partial charge in [0.1, 0.15) is 5.75 Å². The minimum atomic E-state index is -0.326. The Balaban J connectivity index is 2.07. The van der Waals surface area contributed by atoms with Crippen LogP contribution in [0.4, 0.5) is 5.69 Å². The average Bonchev–Trinajstić information content (AvgIpc) is 2.63. The van der Waals surface area contributed by atoms with Crippen molar-refractivity contribution in [2.45, 2.75) is 32.6 Å². The van der Waals surface area contributed by atoms with Crippen molar-refractivity contribution in [2.75, 3.05) is 19.0 Å². The van der Waals surface area contributed by atoms with Gasteiger partial charge in [-0.25, -0.2) is 0 Å². The largest absolute Gasteiger partial charge is 0.495 e. The van der Waals surface area contributed by atoms with Crippen molar-refractivity contribution in [2.24, 2.45) is 0 Å². The van der Waals surface area contributed by atoms with Gasteiger partial charge in [0.15, 0.2) is 5.75 Å². The van der Waals surface area contributed by atoms with Gasteiger partial charge in [-0.05, 0) is 30.7 Å². The van der Waals surface area contributed by atoms with Gasteiger partial charge >= 0.3 is 0 Å². The molecule has 0 unspecified atom stereocenters. The van der Waals surface area contributed by atoms with Crippen LogP contribution in [0.5, 0.6) is 11.5 Å². The smallest absolute Gasteiger partial charge is 0.255 e. The first-order valence-electron chi connectivity index (χ1n) is 8.63. The second kappa shape index (κ2) is 10.3. The standard InChI is InChI=1S/C20H23Cl2NO3/c1-3-4-5-8-11-26-19-15(21)12-14(13-16(19)22)20(24)23-17-9-6-7-10-18(17)25-2/h6-7,9-10,12-13H,3-5,8,11H2,1-2H3,(H,23,24). The average molecular weight is 396 g/mol. The summed E-state index contributed by atoms with van der Waals surface area (Å²) in [5.74, 6) is 0.663.